The third kappa shape index (κ3) is 3.84. The summed E-state index contributed by atoms with van der Waals surface area (Å²) in [5.74, 6) is 5.55. The fourth-order valence-electron chi connectivity index (χ4n) is 1.70. The predicted molar refractivity (Wildman–Crippen MR) is 66.1 cm³/mol. The van der Waals surface area contributed by atoms with Crippen LogP contribution in [0.4, 0.5) is 4.39 Å². The van der Waals surface area contributed by atoms with Crippen molar-refractivity contribution >= 4 is 13.8 Å². The van der Waals surface area contributed by atoms with Gasteiger partial charge >= 0.3 is 7.60 Å². The van der Waals surface area contributed by atoms with Gasteiger partial charge < -0.3 is 19.1 Å². The molecule has 0 aliphatic carbocycles. The Bertz CT molecular complexity index is 629. The van der Waals surface area contributed by atoms with Crippen LogP contribution in [0.25, 0.3) is 6.20 Å². The number of halogens is 1. The maximum Gasteiger partial charge on any atom is 0.350 e. The predicted octanol–water partition coefficient (Wildman–Crippen LogP) is -2.12. The number of nitrogens with zero attached hydrogens (tertiary/aromatic N) is 4. The van der Waals surface area contributed by atoms with Crippen molar-refractivity contribution < 1.29 is 23.5 Å². The second kappa shape index (κ2) is 5.98. The molecule has 0 amide bonds. The number of hydrogen-bond acceptors (Lipinski definition) is 6. The Morgan fingerprint density at radius 1 is 1.60 bits per heavy atom. The lowest BCUT2D eigenvalue weighted by molar-refractivity contribution is 0.0431. The molecule has 9 nitrogen and oxygen atoms in total. The van der Waals surface area contributed by atoms with Crippen molar-refractivity contribution in [3.63, 3.8) is 0 Å². The van der Waals surface area contributed by atoms with E-state index < -0.39 is 26.7 Å². The third-order valence-corrected chi connectivity index (χ3v) is 3.05. The summed E-state index contributed by atoms with van der Waals surface area (Å²) in [6.45, 7) is -0.567. The molecule has 0 fully saturated rings. The molecule has 0 radical (unpaired) electrons. The van der Waals surface area contributed by atoms with Crippen LogP contribution >= 0.6 is 7.60 Å². The van der Waals surface area contributed by atoms with Crippen LogP contribution < -0.4 is 16.7 Å². The smallest absolute Gasteiger partial charge is 0.350 e. The molecule has 1 aliphatic rings. The van der Waals surface area contributed by atoms with Crippen LogP contribution in [0, 0.1) is 0 Å². The minimum Gasteiger partial charge on any atom is -0.361 e. The minimum absolute atomic E-state index is 0.0563. The van der Waals surface area contributed by atoms with Crippen LogP contribution in [-0.2, 0) is 15.8 Å². The minimum atomic E-state index is -4.32. The number of hydrogen-bond donors (Lipinski definition) is 3. The fraction of sp³-hybridized carbons (Fsp3) is 0.556. The number of imidazole rings is 1. The van der Waals surface area contributed by atoms with Crippen LogP contribution in [0.2, 0.25) is 0 Å². The summed E-state index contributed by atoms with van der Waals surface area (Å²) in [6.07, 6.45) is 1.25. The standard InChI is InChI=1S/C9H15FN5O4P/c10-1-7(19-6-20(16,17)18)2-14-4-12-8-3-15(11)5-13-9(8)14/h3-4,7H,1-2,5-6,11H2,(H2,16,17,18)/t7-/m0/s1. The lowest BCUT2D eigenvalue weighted by Crippen LogP contribution is -2.42. The Kier molecular flexibility index (Phi) is 4.51. The second-order valence-corrected chi connectivity index (χ2v) is 5.87. The molecule has 0 saturated heterocycles. The number of rotatable bonds is 6. The van der Waals surface area contributed by atoms with Gasteiger partial charge in [-0.05, 0) is 0 Å². The average molecular weight is 307 g/mol. The molecule has 1 aromatic rings. The highest BCUT2D eigenvalue weighted by molar-refractivity contribution is 7.51. The van der Waals surface area contributed by atoms with E-state index in [1.807, 2.05) is 0 Å². The molecule has 1 atom stereocenters. The first-order valence-corrected chi connectivity index (χ1v) is 7.50. The summed E-state index contributed by atoms with van der Waals surface area (Å²) in [4.78, 5) is 25.7. The summed E-state index contributed by atoms with van der Waals surface area (Å²) in [5, 5.41) is 1.91. The molecule has 11 heteroatoms. The Labute approximate surface area is 113 Å². The molecule has 0 spiro atoms. The molecule has 2 heterocycles. The highest BCUT2D eigenvalue weighted by Gasteiger charge is 2.19. The number of ether oxygens (including phenoxy) is 1. The molecule has 0 unspecified atom stereocenters. The maximum absolute atomic E-state index is 12.8. The molecule has 0 aromatic carbocycles. The number of alkyl halides is 1. The van der Waals surface area contributed by atoms with Crippen LogP contribution in [0.5, 0.6) is 0 Å². The number of hydrazine groups is 1. The van der Waals surface area contributed by atoms with Crippen LogP contribution in [0.15, 0.2) is 11.3 Å². The van der Waals surface area contributed by atoms with Gasteiger partial charge in [0.25, 0.3) is 0 Å². The number of nitrogens with two attached hydrogens (primary N) is 1. The summed E-state index contributed by atoms with van der Waals surface area (Å²) in [5.41, 5.74) is 0.532. The molecule has 20 heavy (non-hydrogen) atoms. The zero-order chi connectivity index (χ0) is 14.8. The first kappa shape index (κ1) is 15.1. The number of fused-ring (bicyclic) bond motifs is 1. The van der Waals surface area contributed by atoms with Crippen molar-refractivity contribution in [2.75, 3.05) is 19.7 Å². The Morgan fingerprint density at radius 2 is 2.35 bits per heavy atom. The van der Waals surface area contributed by atoms with E-state index in [0.29, 0.717) is 10.8 Å². The van der Waals surface area contributed by atoms with Crippen LogP contribution in [0.3, 0.4) is 0 Å². The highest BCUT2D eigenvalue weighted by Crippen LogP contribution is 2.34. The first-order chi connectivity index (χ1) is 9.39. The zero-order valence-electron chi connectivity index (χ0n) is 10.5. The summed E-state index contributed by atoms with van der Waals surface area (Å²) in [7, 11) is -4.32. The Morgan fingerprint density at radius 3 is 3.00 bits per heavy atom. The molecule has 2 rings (SSSR count). The van der Waals surface area contributed by atoms with Gasteiger partial charge in [-0.3, -0.25) is 9.57 Å². The van der Waals surface area contributed by atoms with Gasteiger partial charge in [0.15, 0.2) is 5.49 Å². The second-order valence-electron chi connectivity index (χ2n) is 4.29. The van der Waals surface area contributed by atoms with E-state index in [2.05, 4.69) is 9.98 Å². The lowest BCUT2D eigenvalue weighted by Gasteiger charge is -2.16. The molecule has 0 bridgehead atoms. The van der Waals surface area contributed by atoms with Gasteiger partial charge in [0.2, 0.25) is 0 Å². The molecular formula is C9H15FN5O4P. The van der Waals surface area contributed by atoms with E-state index >= 15 is 0 Å². The van der Waals surface area contributed by atoms with Gasteiger partial charge in [0.05, 0.1) is 12.9 Å². The molecule has 1 aliphatic heterocycles. The SMILES string of the molecule is NN1C=c2ncn(C[C@H](CF)OCP(=O)(O)O)c2=NC1. The van der Waals surface area contributed by atoms with Crippen molar-refractivity contribution in [3.8, 4) is 0 Å². The zero-order valence-corrected chi connectivity index (χ0v) is 11.4. The first-order valence-electron chi connectivity index (χ1n) is 5.70. The molecule has 1 aromatic heterocycles. The van der Waals surface area contributed by atoms with Crippen molar-refractivity contribution in [3.05, 3.63) is 17.2 Å². The van der Waals surface area contributed by atoms with Crippen molar-refractivity contribution in [1.29, 1.82) is 0 Å². The largest absolute Gasteiger partial charge is 0.361 e. The Balaban J connectivity index is 2.10. The van der Waals surface area contributed by atoms with Gasteiger partial charge in [-0.1, -0.05) is 0 Å². The van der Waals surface area contributed by atoms with E-state index in [0.717, 1.165) is 0 Å². The van der Waals surface area contributed by atoms with Gasteiger partial charge in [0, 0.05) is 6.20 Å². The lowest BCUT2D eigenvalue weighted by atomic mass is 10.4. The van der Waals surface area contributed by atoms with Crippen molar-refractivity contribution in [2.45, 2.75) is 12.6 Å². The summed E-state index contributed by atoms with van der Waals surface area (Å²) < 4.78 is 30.0. The van der Waals surface area contributed by atoms with Crippen LogP contribution in [-0.4, -0.2) is 50.1 Å². The average Bonchev–Trinajstić information content (AvgIpc) is 2.75. The van der Waals surface area contributed by atoms with Gasteiger partial charge in [-0.15, -0.1) is 0 Å². The normalized spacial score (nSPS) is 16.3. The monoisotopic (exact) mass is 307 g/mol. The highest BCUT2D eigenvalue weighted by atomic mass is 31.2. The molecule has 4 N–H and O–H groups in total. The summed E-state index contributed by atoms with van der Waals surface area (Å²) >= 11 is 0. The quantitative estimate of drug-likeness (QED) is 0.405. The molecule has 112 valence electrons. The molecular weight excluding hydrogens is 292 g/mol. The third-order valence-electron chi connectivity index (χ3n) is 2.56. The van der Waals surface area contributed by atoms with Crippen molar-refractivity contribution in [1.82, 2.24) is 14.6 Å². The van der Waals surface area contributed by atoms with E-state index in [-0.39, 0.29) is 13.2 Å². The van der Waals surface area contributed by atoms with E-state index in [1.165, 1.54) is 11.3 Å². The molecule has 0 saturated carbocycles. The fourth-order valence-corrected chi connectivity index (χ4v) is 2.11. The van der Waals surface area contributed by atoms with E-state index in [9.17, 15) is 8.96 Å². The van der Waals surface area contributed by atoms with E-state index in [4.69, 9.17) is 20.4 Å². The van der Waals surface area contributed by atoms with Gasteiger partial charge in [-0.2, -0.15) is 0 Å². The number of aromatic nitrogens is 2. The van der Waals surface area contributed by atoms with Gasteiger partial charge in [-0.25, -0.2) is 20.2 Å². The van der Waals surface area contributed by atoms with Gasteiger partial charge in [0.1, 0.15) is 31.1 Å². The maximum atomic E-state index is 12.8. The topological polar surface area (TPSA) is 126 Å². The van der Waals surface area contributed by atoms with E-state index in [1.54, 1.807) is 10.8 Å². The Hall–Kier alpha value is -1.32. The summed E-state index contributed by atoms with van der Waals surface area (Å²) in [6, 6.07) is 0. The van der Waals surface area contributed by atoms with Crippen LogP contribution in [0.1, 0.15) is 0 Å². The van der Waals surface area contributed by atoms with Crippen molar-refractivity contribution in [2.24, 2.45) is 10.8 Å².